The van der Waals surface area contributed by atoms with E-state index in [-0.39, 0.29) is 6.10 Å². The van der Waals surface area contributed by atoms with Crippen LogP contribution in [-0.4, -0.2) is 19.2 Å². The average Bonchev–Trinajstić information content (AvgIpc) is 2.19. The molecular formula is C13H15F2NO. The molecule has 0 unspecified atom stereocenters. The van der Waals surface area contributed by atoms with E-state index < -0.39 is 11.6 Å². The van der Waals surface area contributed by atoms with Gasteiger partial charge in [-0.3, -0.25) is 0 Å². The number of halogens is 2. The van der Waals surface area contributed by atoms with Crippen LogP contribution in [0, 0.1) is 17.0 Å². The Labute approximate surface area is 99.0 Å². The summed E-state index contributed by atoms with van der Waals surface area (Å²) in [7, 11) is 0. The predicted molar refractivity (Wildman–Crippen MR) is 59.5 cm³/mol. The van der Waals surface area contributed by atoms with E-state index in [2.05, 4.69) is 5.32 Å². The minimum Gasteiger partial charge on any atom is -0.373 e. The van der Waals surface area contributed by atoms with E-state index in [1.807, 2.05) is 0 Å². The first-order chi connectivity index (χ1) is 8.17. The molecule has 2 aliphatic rings. The van der Waals surface area contributed by atoms with Crippen molar-refractivity contribution in [3.05, 3.63) is 35.4 Å². The SMILES string of the molecule is Fc1ccc(COC2CC3(CNC3)C2)cc1F. The van der Waals surface area contributed by atoms with E-state index in [9.17, 15) is 8.78 Å². The summed E-state index contributed by atoms with van der Waals surface area (Å²) < 4.78 is 31.3. The summed E-state index contributed by atoms with van der Waals surface area (Å²) in [6, 6.07) is 3.92. The number of benzene rings is 1. The second-order valence-electron chi connectivity index (χ2n) is 5.19. The summed E-state index contributed by atoms with van der Waals surface area (Å²) in [6.45, 7) is 2.56. The molecule has 0 amide bonds. The molecule has 0 bridgehead atoms. The first-order valence-electron chi connectivity index (χ1n) is 5.93. The van der Waals surface area contributed by atoms with Gasteiger partial charge in [0.1, 0.15) is 0 Å². The lowest BCUT2D eigenvalue weighted by Crippen LogP contribution is -2.62. The summed E-state index contributed by atoms with van der Waals surface area (Å²) in [4.78, 5) is 0. The number of nitrogens with one attached hydrogen (secondary N) is 1. The smallest absolute Gasteiger partial charge is 0.159 e. The number of hydrogen-bond acceptors (Lipinski definition) is 2. The first kappa shape index (κ1) is 11.1. The van der Waals surface area contributed by atoms with E-state index >= 15 is 0 Å². The highest BCUT2D eigenvalue weighted by Gasteiger charge is 2.48. The topological polar surface area (TPSA) is 21.3 Å². The molecule has 1 saturated carbocycles. The fraction of sp³-hybridized carbons (Fsp3) is 0.538. The van der Waals surface area contributed by atoms with Crippen LogP contribution in [0.3, 0.4) is 0 Å². The molecule has 1 spiro atoms. The summed E-state index contributed by atoms with van der Waals surface area (Å²) in [5, 5.41) is 3.27. The summed E-state index contributed by atoms with van der Waals surface area (Å²) in [5.74, 6) is -1.61. The Kier molecular flexibility index (Phi) is 2.64. The minimum atomic E-state index is -0.808. The molecule has 0 aromatic heterocycles. The van der Waals surface area contributed by atoms with E-state index in [1.165, 1.54) is 6.07 Å². The molecule has 2 fully saturated rings. The fourth-order valence-corrected chi connectivity index (χ4v) is 2.63. The molecule has 0 atom stereocenters. The lowest BCUT2D eigenvalue weighted by molar-refractivity contribution is -0.109. The Morgan fingerprint density at radius 3 is 2.59 bits per heavy atom. The molecule has 1 heterocycles. The normalized spacial score (nSPS) is 22.2. The Bertz CT molecular complexity index is 423. The second-order valence-corrected chi connectivity index (χ2v) is 5.19. The van der Waals surface area contributed by atoms with Crippen LogP contribution in [0.4, 0.5) is 8.78 Å². The van der Waals surface area contributed by atoms with Gasteiger partial charge in [0.25, 0.3) is 0 Å². The Balaban J connectivity index is 1.49. The number of ether oxygens (including phenoxy) is 1. The van der Waals surface area contributed by atoms with Crippen LogP contribution in [0.25, 0.3) is 0 Å². The Hall–Kier alpha value is -1.00. The van der Waals surface area contributed by atoms with Gasteiger partial charge in [-0.2, -0.15) is 0 Å². The zero-order valence-electron chi connectivity index (χ0n) is 9.51. The van der Waals surface area contributed by atoms with Gasteiger partial charge in [-0.1, -0.05) is 6.07 Å². The zero-order chi connectivity index (χ0) is 11.9. The third kappa shape index (κ3) is 2.07. The van der Waals surface area contributed by atoms with Crippen molar-refractivity contribution >= 4 is 0 Å². The monoisotopic (exact) mass is 239 g/mol. The minimum absolute atomic E-state index is 0.283. The van der Waals surface area contributed by atoms with Gasteiger partial charge in [0.2, 0.25) is 0 Å². The van der Waals surface area contributed by atoms with Gasteiger partial charge < -0.3 is 10.1 Å². The third-order valence-corrected chi connectivity index (χ3v) is 3.79. The van der Waals surface area contributed by atoms with Gasteiger partial charge in [-0.15, -0.1) is 0 Å². The number of hydrogen-bond donors (Lipinski definition) is 1. The van der Waals surface area contributed by atoms with Crippen molar-refractivity contribution in [1.82, 2.24) is 5.32 Å². The Morgan fingerprint density at radius 1 is 1.24 bits per heavy atom. The van der Waals surface area contributed by atoms with E-state index in [0.29, 0.717) is 17.6 Å². The van der Waals surface area contributed by atoms with E-state index in [0.717, 1.165) is 32.0 Å². The van der Waals surface area contributed by atoms with Crippen molar-refractivity contribution < 1.29 is 13.5 Å². The van der Waals surface area contributed by atoms with Crippen LogP contribution < -0.4 is 5.32 Å². The van der Waals surface area contributed by atoms with Gasteiger partial charge in [0, 0.05) is 18.5 Å². The number of rotatable bonds is 3. The quantitative estimate of drug-likeness (QED) is 0.873. The molecule has 0 radical (unpaired) electrons. The zero-order valence-corrected chi connectivity index (χ0v) is 9.51. The molecule has 4 heteroatoms. The molecule has 1 N–H and O–H groups in total. The highest BCUT2D eigenvalue weighted by molar-refractivity contribution is 5.17. The molecule has 17 heavy (non-hydrogen) atoms. The van der Waals surface area contributed by atoms with Crippen LogP contribution in [0.5, 0.6) is 0 Å². The first-order valence-corrected chi connectivity index (χ1v) is 5.93. The molecule has 1 aromatic rings. The van der Waals surface area contributed by atoms with Crippen molar-refractivity contribution in [1.29, 1.82) is 0 Å². The predicted octanol–water partition coefficient (Wildman–Crippen LogP) is 2.23. The Morgan fingerprint density at radius 2 is 2.00 bits per heavy atom. The van der Waals surface area contributed by atoms with Gasteiger partial charge in [0.05, 0.1) is 12.7 Å². The average molecular weight is 239 g/mol. The van der Waals surface area contributed by atoms with Crippen molar-refractivity contribution in [2.24, 2.45) is 5.41 Å². The van der Waals surface area contributed by atoms with Crippen molar-refractivity contribution in [3.63, 3.8) is 0 Å². The largest absolute Gasteiger partial charge is 0.373 e. The van der Waals surface area contributed by atoms with Crippen molar-refractivity contribution in [2.75, 3.05) is 13.1 Å². The van der Waals surface area contributed by atoms with Crippen molar-refractivity contribution in [3.8, 4) is 0 Å². The van der Waals surface area contributed by atoms with Crippen LogP contribution in [0.15, 0.2) is 18.2 Å². The molecule has 3 rings (SSSR count). The highest BCUT2D eigenvalue weighted by Crippen LogP contribution is 2.45. The maximum atomic E-state index is 12.9. The molecule has 1 saturated heterocycles. The van der Waals surface area contributed by atoms with Gasteiger partial charge in [0.15, 0.2) is 11.6 Å². The van der Waals surface area contributed by atoms with Gasteiger partial charge in [-0.25, -0.2) is 8.78 Å². The molecule has 92 valence electrons. The fourth-order valence-electron chi connectivity index (χ4n) is 2.63. The summed E-state index contributed by atoms with van der Waals surface area (Å²) in [6.07, 6.45) is 2.46. The lowest BCUT2D eigenvalue weighted by Gasteiger charge is -2.54. The van der Waals surface area contributed by atoms with Crippen LogP contribution in [-0.2, 0) is 11.3 Å². The van der Waals surface area contributed by atoms with E-state index in [1.54, 1.807) is 6.07 Å². The summed E-state index contributed by atoms with van der Waals surface area (Å²) in [5.41, 5.74) is 1.18. The van der Waals surface area contributed by atoms with Gasteiger partial charge in [-0.05, 0) is 30.5 Å². The summed E-state index contributed by atoms with van der Waals surface area (Å²) >= 11 is 0. The maximum absolute atomic E-state index is 12.9. The molecular weight excluding hydrogens is 224 g/mol. The molecule has 1 aromatic carbocycles. The molecule has 1 aliphatic heterocycles. The molecule has 2 nitrogen and oxygen atoms in total. The highest BCUT2D eigenvalue weighted by atomic mass is 19.2. The standard InChI is InChI=1S/C13H15F2NO/c14-11-2-1-9(3-12(11)15)6-17-10-4-13(5-10)7-16-8-13/h1-3,10,16H,4-8H2. The molecule has 1 aliphatic carbocycles. The van der Waals surface area contributed by atoms with Crippen LogP contribution in [0.1, 0.15) is 18.4 Å². The van der Waals surface area contributed by atoms with Crippen molar-refractivity contribution in [2.45, 2.75) is 25.6 Å². The second kappa shape index (κ2) is 4.03. The van der Waals surface area contributed by atoms with Crippen LogP contribution in [0.2, 0.25) is 0 Å². The van der Waals surface area contributed by atoms with Crippen LogP contribution >= 0.6 is 0 Å². The maximum Gasteiger partial charge on any atom is 0.159 e. The van der Waals surface area contributed by atoms with E-state index in [4.69, 9.17) is 4.74 Å². The van der Waals surface area contributed by atoms with Gasteiger partial charge >= 0.3 is 0 Å². The lowest BCUT2D eigenvalue weighted by atomic mass is 9.63. The third-order valence-electron chi connectivity index (χ3n) is 3.79.